The zero-order chi connectivity index (χ0) is 19.1. The van der Waals surface area contributed by atoms with E-state index in [1.54, 1.807) is 11.3 Å². The Labute approximate surface area is 168 Å². The molecule has 1 spiro atoms. The molecule has 1 saturated carbocycles. The van der Waals surface area contributed by atoms with Crippen LogP contribution in [0.15, 0.2) is 29.8 Å². The zero-order valence-electron chi connectivity index (χ0n) is 16.4. The molecule has 1 aromatic carbocycles. The Kier molecular flexibility index (Phi) is 3.59. The van der Waals surface area contributed by atoms with Gasteiger partial charge in [0.15, 0.2) is 16.4 Å². The van der Waals surface area contributed by atoms with Gasteiger partial charge in [0.05, 0.1) is 10.2 Å². The number of aromatic nitrogens is 1. The molecule has 1 unspecified atom stereocenters. The second-order valence-corrected chi connectivity index (χ2v) is 10.0. The van der Waals surface area contributed by atoms with E-state index in [1.807, 2.05) is 13.0 Å². The summed E-state index contributed by atoms with van der Waals surface area (Å²) in [5.74, 6) is 1.27. The average molecular weight is 400 g/mol. The third-order valence-corrected chi connectivity index (χ3v) is 8.35. The van der Waals surface area contributed by atoms with Crippen molar-refractivity contribution >= 4 is 27.3 Å². The summed E-state index contributed by atoms with van der Waals surface area (Å²) in [6.45, 7) is 6.47. The molecule has 28 heavy (non-hydrogen) atoms. The molecule has 3 saturated heterocycles. The number of thiazole rings is 1. The molecule has 0 amide bonds. The van der Waals surface area contributed by atoms with E-state index >= 15 is 0 Å². The van der Waals surface area contributed by atoms with Crippen LogP contribution in [0.1, 0.15) is 51.5 Å². The van der Waals surface area contributed by atoms with E-state index < -0.39 is 17.7 Å². The summed E-state index contributed by atoms with van der Waals surface area (Å²) in [4.78, 5) is 16.9. The van der Waals surface area contributed by atoms with Gasteiger partial charge in [-0.3, -0.25) is 0 Å². The lowest BCUT2D eigenvalue weighted by Gasteiger charge is -2.57. The lowest BCUT2D eigenvalue weighted by molar-refractivity contribution is -0.553. The first kappa shape index (κ1) is 17.4. The first-order valence-electron chi connectivity index (χ1n) is 10.3. The number of nitrogens with zero attached hydrogens (tertiary/aromatic N) is 1. The summed E-state index contributed by atoms with van der Waals surface area (Å²) in [5.41, 5.74) is 1.67. The maximum atomic E-state index is 6.57. The molecule has 5 aliphatic rings. The number of hydrogen-bond donors (Lipinski definition) is 0. The van der Waals surface area contributed by atoms with Crippen LogP contribution in [0.5, 0.6) is 0 Å². The predicted octanol–water partition coefficient (Wildman–Crippen LogP) is 5.27. The molecule has 2 bridgehead atoms. The highest BCUT2D eigenvalue weighted by atomic mass is 32.1. The Bertz CT molecular complexity index is 953. The number of ether oxygens (including phenoxy) is 2. The van der Waals surface area contributed by atoms with Gasteiger partial charge >= 0.3 is 0 Å². The average Bonchev–Trinajstić information content (AvgIpc) is 2.99. The molecular weight excluding hydrogens is 374 g/mol. The quantitative estimate of drug-likeness (QED) is 0.611. The van der Waals surface area contributed by atoms with E-state index in [4.69, 9.17) is 24.2 Å². The van der Waals surface area contributed by atoms with Crippen molar-refractivity contribution in [3.05, 3.63) is 34.8 Å². The normalized spacial score (nSPS) is 42.2. The summed E-state index contributed by atoms with van der Waals surface area (Å²) in [6.07, 6.45) is 3.65. The Balaban J connectivity index is 1.51. The molecule has 0 N–H and O–H groups in total. The maximum absolute atomic E-state index is 6.57. The smallest absolute Gasteiger partial charge is 0.236 e. The van der Waals surface area contributed by atoms with Crippen LogP contribution in [0.4, 0.5) is 0 Å². The molecule has 148 valence electrons. The summed E-state index contributed by atoms with van der Waals surface area (Å²) < 4.78 is 14.2. The molecule has 2 aromatic rings. The minimum Gasteiger partial charge on any atom is -0.458 e. The van der Waals surface area contributed by atoms with Gasteiger partial charge < -0.3 is 9.47 Å². The van der Waals surface area contributed by atoms with Crippen molar-refractivity contribution in [2.45, 2.75) is 64.1 Å². The highest BCUT2D eigenvalue weighted by Gasteiger charge is 2.68. The summed E-state index contributed by atoms with van der Waals surface area (Å²) in [6, 6.07) is 8.23. The van der Waals surface area contributed by atoms with Crippen LogP contribution in [0.25, 0.3) is 16.0 Å². The van der Waals surface area contributed by atoms with Gasteiger partial charge in [0.2, 0.25) is 12.1 Å². The molecule has 5 heterocycles. The van der Waals surface area contributed by atoms with E-state index in [-0.39, 0.29) is 5.92 Å². The van der Waals surface area contributed by atoms with Crippen molar-refractivity contribution < 1.29 is 19.2 Å². The fourth-order valence-electron chi connectivity index (χ4n) is 5.80. The fourth-order valence-corrected chi connectivity index (χ4v) is 6.82. The maximum Gasteiger partial charge on any atom is 0.236 e. The van der Waals surface area contributed by atoms with Gasteiger partial charge in [0.25, 0.3) is 0 Å². The number of para-hydroxylation sites is 1. The van der Waals surface area contributed by atoms with Crippen molar-refractivity contribution in [3.63, 3.8) is 0 Å². The van der Waals surface area contributed by atoms with E-state index in [0.717, 1.165) is 35.5 Å². The first-order valence-corrected chi connectivity index (χ1v) is 11.1. The Morgan fingerprint density at radius 3 is 2.86 bits per heavy atom. The SMILES string of the molecule is CC1=C(c2nc3ccccc3s2)OC2O[C@]3(C)CC[C@H]4[C@H](C)CC[C@@H]1[C@@]24OO3. The third kappa shape index (κ3) is 2.20. The fraction of sp³-hybridized carbons (Fsp3) is 0.591. The molecule has 7 rings (SSSR count). The van der Waals surface area contributed by atoms with Gasteiger partial charge in [-0.1, -0.05) is 19.1 Å². The van der Waals surface area contributed by atoms with Crippen LogP contribution < -0.4 is 0 Å². The van der Waals surface area contributed by atoms with E-state index in [1.165, 1.54) is 16.7 Å². The van der Waals surface area contributed by atoms with Crippen LogP contribution in [-0.4, -0.2) is 22.7 Å². The summed E-state index contributed by atoms with van der Waals surface area (Å²) in [5, 5.41) is 0.929. The monoisotopic (exact) mass is 399 g/mol. The second kappa shape index (κ2) is 5.79. The van der Waals surface area contributed by atoms with E-state index in [9.17, 15) is 0 Å². The van der Waals surface area contributed by atoms with Crippen molar-refractivity contribution in [2.24, 2.45) is 17.8 Å². The Morgan fingerprint density at radius 1 is 1.14 bits per heavy atom. The topological polar surface area (TPSA) is 49.8 Å². The molecule has 1 aromatic heterocycles. The number of hydrogen-bond acceptors (Lipinski definition) is 6. The van der Waals surface area contributed by atoms with Gasteiger partial charge in [0.1, 0.15) is 0 Å². The highest BCUT2D eigenvalue weighted by molar-refractivity contribution is 7.19. The largest absolute Gasteiger partial charge is 0.458 e. The lowest BCUT2D eigenvalue weighted by Crippen LogP contribution is -2.66. The predicted molar refractivity (Wildman–Crippen MR) is 106 cm³/mol. The van der Waals surface area contributed by atoms with Crippen LogP contribution >= 0.6 is 11.3 Å². The van der Waals surface area contributed by atoms with Crippen LogP contribution in [-0.2, 0) is 19.2 Å². The second-order valence-electron chi connectivity index (χ2n) is 8.97. The van der Waals surface area contributed by atoms with Gasteiger partial charge in [-0.15, -0.1) is 11.3 Å². The third-order valence-electron chi connectivity index (χ3n) is 7.31. The van der Waals surface area contributed by atoms with Gasteiger partial charge in [0, 0.05) is 18.3 Å². The summed E-state index contributed by atoms with van der Waals surface area (Å²) in [7, 11) is 0. The molecule has 5 nitrogen and oxygen atoms in total. The highest BCUT2D eigenvalue weighted by Crippen LogP contribution is 2.61. The van der Waals surface area contributed by atoms with Crippen molar-refractivity contribution in [1.82, 2.24) is 4.98 Å². The molecular formula is C22H25NO4S. The Morgan fingerprint density at radius 2 is 2.00 bits per heavy atom. The Hall–Kier alpha value is -1.47. The minimum absolute atomic E-state index is 0.220. The number of rotatable bonds is 1. The first-order chi connectivity index (χ1) is 13.5. The van der Waals surface area contributed by atoms with Crippen molar-refractivity contribution in [3.8, 4) is 0 Å². The lowest BCUT2D eigenvalue weighted by atomic mass is 9.59. The minimum atomic E-state index is -0.749. The number of benzene rings is 1. The van der Waals surface area contributed by atoms with Gasteiger partial charge in [-0.25, -0.2) is 14.8 Å². The number of fused-ring (bicyclic) bond motifs is 3. The summed E-state index contributed by atoms with van der Waals surface area (Å²) >= 11 is 1.68. The van der Waals surface area contributed by atoms with Crippen LogP contribution in [0.3, 0.4) is 0 Å². The van der Waals surface area contributed by atoms with Crippen LogP contribution in [0, 0.1) is 17.8 Å². The van der Waals surface area contributed by atoms with E-state index in [0.29, 0.717) is 11.8 Å². The molecule has 4 aliphatic heterocycles. The van der Waals surface area contributed by atoms with Gasteiger partial charge in [-0.2, -0.15) is 0 Å². The van der Waals surface area contributed by atoms with Gasteiger partial charge in [-0.05, 0) is 56.7 Å². The molecule has 0 radical (unpaired) electrons. The standard InChI is InChI=1S/C22H25NO4S/c1-12-8-9-15-13(2)18(19-23-16-6-4-5-7-17(16)28-19)24-20-22(15)14(12)10-11-21(3,25-20)26-27-22/h4-7,12,14-15,20H,8-11H2,1-3H3/t12-,14+,15+,20?,21+,22-/m1/s1. The molecule has 4 fully saturated rings. The van der Waals surface area contributed by atoms with Crippen molar-refractivity contribution in [2.75, 3.05) is 0 Å². The van der Waals surface area contributed by atoms with E-state index in [2.05, 4.69) is 32.0 Å². The van der Waals surface area contributed by atoms with Crippen molar-refractivity contribution in [1.29, 1.82) is 0 Å². The van der Waals surface area contributed by atoms with Crippen LogP contribution in [0.2, 0.25) is 0 Å². The molecule has 6 heteroatoms. The molecule has 6 atom stereocenters. The molecule has 1 aliphatic carbocycles. The zero-order valence-corrected chi connectivity index (χ0v) is 17.3.